The maximum atomic E-state index is 6.23. The number of aromatic nitrogens is 2. The van der Waals surface area contributed by atoms with Gasteiger partial charge in [0, 0.05) is 9.90 Å². The average Bonchev–Trinajstić information content (AvgIpc) is 3.02. The zero-order chi connectivity index (χ0) is 14.4. The Morgan fingerprint density at radius 2 is 2.05 bits per heavy atom. The Bertz CT molecular complexity index is 844. The topological polar surface area (TPSA) is 37.8 Å². The monoisotopic (exact) mass is 335 g/mol. The van der Waals surface area contributed by atoms with Gasteiger partial charge in [-0.2, -0.15) is 0 Å². The maximum absolute atomic E-state index is 6.23. The van der Waals surface area contributed by atoms with Gasteiger partial charge in [-0.25, -0.2) is 9.97 Å². The smallest absolute Gasteiger partial charge is 0.142 e. The first-order valence-electron chi connectivity index (χ1n) is 6.69. The molecule has 0 aliphatic heterocycles. The number of halogens is 2. The number of rotatable bonds is 2. The van der Waals surface area contributed by atoms with E-state index in [9.17, 15) is 0 Å². The highest BCUT2D eigenvalue weighted by Gasteiger charge is 2.21. The van der Waals surface area contributed by atoms with Gasteiger partial charge in [-0.05, 0) is 43.0 Å². The molecule has 0 fully saturated rings. The minimum absolute atomic E-state index is 0.584. The number of hydrogen-bond acceptors (Lipinski definition) is 4. The van der Waals surface area contributed by atoms with Gasteiger partial charge in [0.25, 0.3) is 0 Å². The van der Waals surface area contributed by atoms with Gasteiger partial charge < -0.3 is 5.32 Å². The predicted octanol–water partition coefficient (Wildman–Crippen LogP) is 5.23. The number of nitrogens with zero attached hydrogens (tertiary/aromatic N) is 2. The minimum Gasteiger partial charge on any atom is -0.338 e. The summed E-state index contributed by atoms with van der Waals surface area (Å²) in [5.74, 6) is 0.823. The second kappa shape index (κ2) is 5.13. The Morgan fingerprint density at radius 3 is 2.90 bits per heavy atom. The number of anilines is 2. The number of aryl methyl sites for hydroxylation is 2. The third kappa shape index (κ3) is 2.27. The third-order valence-electron chi connectivity index (χ3n) is 3.69. The minimum atomic E-state index is 0.584. The van der Waals surface area contributed by atoms with E-state index in [1.807, 2.05) is 12.1 Å². The number of fused-ring (bicyclic) bond motifs is 3. The second-order valence-corrected chi connectivity index (χ2v) is 6.94. The fourth-order valence-electron chi connectivity index (χ4n) is 2.74. The fraction of sp³-hybridized carbons (Fsp3) is 0.200. The van der Waals surface area contributed by atoms with E-state index in [-0.39, 0.29) is 0 Å². The summed E-state index contributed by atoms with van der Waals surface area (Å²) >= 11 is 13.9. The Morgan fingerprint density at radius 1 is 1.14 bits per heavy atom. The quantitative estimate of drug-likeness (QED) is 0.696. The molecule has 0 bridgehead atoms. The molecular formula is C15H11Cl2N3S. The van der Waals surface area contributed by atoms with Crippen molar-refractivity contribution in [1.82, 2.24) is 9.97 Å². The molecule has 0 unspecified atom stereocenters. The highest BCUT2D eigenvalue weighted by atomic mass is 35.5. The molecule has 3 nitrogen and oxygen atoms in total. The maximum Gasteiger partial charge on any atom is 0.142 e. The molecule has 1 aliphatic rings. The van der Waals surface area contributed by atoms with Gasteiger partial charge in [-0.3, -0.25) is 0 Å². The standard InChI is InChI=1S/C15H11Cl2N3S/c16-8-4-5-11(10(17)6-8)20-14-13-9-2-1-3-12(9)21-15(13)19-7-18-14/h4-7H,1-3H2,(H,18,19,20). The van der Waals surface area contributed by atoms with Crippen LogP contribution in [0.15, 0.2) is 24.5 Å². The molecule has 0 spiro atoms. The van der Waals surface area contributed by atoms with Crippen LogP contribution in [0, 0.1) is 0 Å². The number of nitrogens with one attached hydrogen (secondary N) is 1. The van der Waals surface area contributed by atoms with Crippen molar-refractivity contribution in [3.8, 4) is 0 Å². The third-order valence-corrected chi connectivity index (χ3v) is 5.43. The lowest BCUT2D eigenvalue weighted by Gasteiger charge is -2.09. The van der Waals surface area contributed by atoms with Crippen molar-refractivity contribution in [1.29, 1.82) is 0 Å². The van der Waals surface area contributed by atoms with Crippen LogP contribution in [0.3, 0.4) is 0 Å². The van der Waals surface area contributed by atoms with E-state index in [0.717, 1.165) is 34.6 Å². The average molecular weight is 336 g/mol. The number of hydrogen-bond donors (Lipinski definition) is 1. The molecular weight excluding hydrogens is 325 g/mol. The van der Waals surface area contributed by atoms with Crippen LogP contribution in [0.5, 0.6) is 0 Å². The molecule has 1 aliphatic carbocycles. The Balaban J connectivity index is 1.83. The van der Waals surface area contributed by atoms with E-state index < -0.39 is 0 Å². The highest BCUT2D eigenvalue weighted by molar-refractivity contribution is 7.19. The van der Waals surface area contributed by atoms with Crippen LogP contribution < -0.4 is 5.32 Å². The van der Waals surface area contributed by atoms with E-state index in [0.29, 0.717) is 10.0 Å². The summed E-state index contributed by atoms with van der Waals surface area (Å²) in [6.07, 6.45) is 5.07. The van der Waals surface area contributed by atoms with Crippen LogP contribution in [0.2, 0.25) is 10.0 Å². The Kier molecular flexibility index (Phi) is 3.25. The van der Waals surface area contributed by atoms with E-state index in [2.05, 4.69) is 15.3 Å². The summed E-state index contributed by atoms with van der Waals surface area (Å²) in [6, 6.07) is 5.40. The molecule has 0 amide bonds. The summed E-state index contributed by atoms with van der Waals surface area (Å²) in [7, 11) is 0. The highest BCUT2D eigenvalue weighted by Crippen LogP contribution is 2.40. The van der Waals surface area contributed by atoms with Crippen LogP contribution >= 0.6 is 34.5 Å². The molecule has 3 aromatic rings. The largest absolute Gasteiger partial charge is 0.338 e. The zero-order valence-electron chi connectivity index (χ0n) is 11.0. The van der Waals surface area contributed by atoms with E-state index in [1.54, 1.807) is 23.7 Å². The van der Waals surface area contributed by atoms with Crippen molar-refractivity contribution >= 4 is 56.3 Å². The molecule has 1 N–H and O–H groups in total. The van der Waals surface area contributed by atoms with Crippen molar-refractivity contribution in [2.24, 2.45) is 0 Å². The predicted molar refractivity (Wildman–Crippen MR) is 89.2 cm³/mol. The van der Waals surface area contributed by atoms with Crippen molar-refractivity contribution in [2.75, 3.05) is 5.32 Å². The number of benzene rings is 1. The number of thiophene rings is 1. The molecule has 0 radical (unpaired) electrons. The van der Waals surface area contributed by atoms with Gasteiger partial charge in [-0.15, -0.1) is 11.3 Å². The molecule has 0 atom stereocenters. The molecule has 6 heteroatoms. The normalized spacial score (nSPS) is 13.6. The van der Waals surface area contributed by atoms with E-state index >= 15 is 0 Å². The molecule has 2 heterocycles. The Labute approximate surface area is 135 Å². The first-order chi connectivity index (χ1) is 10.2. The van der Waals surface area contributed by atoms with Crippen LogP contribution in [-0.4, -0.2) is 9.97 Å². The molecule has 0 saturated carbocycles. The summed E-state index contributed by atoms with van der Waals surface area (Å²) < 4.78 is 0. The van der Waals surface area contributed by atoms with Gasteiger partial charge in [0.1, 0.15) is 17.0 Å². The summed E-state index contributed by atoms with van der Waals surface area (Å²) in [6.45, 7) is 0. The van der Waals surface area contributed by atoms with Gasteiger partial charge in [0.2, 0.25) is 0 Å². The van der Waals surface area contributed by atoms with Crippen molar-refractivity contribution in [2.45, 2.75) is 19.3 Å². The molecule has 0 saturated heterocycles. The Hall–Kier alpha value is -1.36. The molecule has 106 valence electrons. The summed E-state index contributed by atoms with van der Waals surface area (Å²) in [5.41, 5.74) is 2.20. The molecule has 4 rings (SSSR count). The van der Waals surface area contributed by atoms with E-state index in [1.165, 1.54) is 16.9 Å². The first-order valence-corrected chi connectivity index (χ1v) is 8.27. The molecule has 21 heavy (non-hydrogen) atoms. The fourth-order valence-corrected chi connectivity index (χ4v) is 4.43. The van der Waals surface area contributed by atoms with Crippen LogP contribution in [0.4, 0.5) is 11.5 Å². The van der Waals surface area contributed by atoms with Gasteiger partial charge in [0.05, 0.1) is 16.1 Å². The van der Waals surface area contributed by atoms with Crippen molar-refractivity contribution in [3.05, 3.63) is 45.0 Å². The van der Waals surface area contributed by atoms with Gasteiger partial charge in [-0.1, -0.05) is 23.2 Å². The summed E-state index contributed by atoms with van der Waals surface area (Å²) in [5, 5.41) is 5.67. The van der Waals surface area contributed by atoms with Gasteiger partial charge >= 0.3 is 0 Å². The van der Waals surface area contributed by atoms with Crippen LogP contribution in [-0.2, 0) is 12.8 Å². The van der Waals surface area contributed by atoms with Gasteiger partial charge in [0.15, 0.2) is 0 Å². The SMILES string of the molecule is Clc1ccc(Nc2ncnc3sc4c(c23)CCC4)c(Cl)c1. The summed E-state index contributed by atoms with van der Waals surface area (Å²) in [4.78, 5) is 11.3. The first kappa shape index (κ1) is 13.3. The lowest BCUT2D eigenvalue weighted by molar-refractivity contribution is 0.917. The molecule has 2 aromatic heterocycles. The van der Waals surface area contributed by atoms with Crippen LogP contribution in [0.1, 0.15) is 16.9 Å². The van der Waals surface area contributed by atoms with Crippen molar-refractivity contribution in [3.63, 3.8) is 0 Å². The lowest BCUT2D eigenvalue weighted by atomic mass is 10.2. The van der Waals surface area contributed by atoms with Crippen molar-refractivity contribution < 1.29 is 0 Å². The second-order valence-electron chi connectivity index (χ2n) is 5.01. The van der Waals surface area contributed by atoms with E-state index in [4.69, 9.17) is 23.2 Å². The molecule has 1 aromatic carbocycles. The lowest BCUT2D eigenvalue weighted by Crippen LogP contribution is -1.96. The van der Waals surface area contributed by atoms with Crippen LogP contribution in [0.25, 0.3) is 10.2 Å². The zero-order valence-corrected chi connectivity index (χ0v) is 13.3.